The molecule has 0 unspecified atom stereocenters. The molecular weight excluding hydrogens is 247 g/mol. The molecule has 4 heteroatoms. The second-order valence-electron chi connectivity index (χ2n) is 1.67. The van der Waals surface area contributed by atoms with Crippen LogP contribution in [-0.4, -0.2) is 24.5 Å². The average Bonchev–Trinajstić information content (AvgIpc) is 1.90. The standard InChI is InChI=1S/C5H10N2S.HI/c1-8-5-6-3-2-4-7-5;/h2-4H2,1H3,(H,6,7);1H. The number of nitrogens with one attached hydrogen (secondary N) is 1. The number of hydrogen-bond acceptors (Lipinski definition) is 3. The van der Waals surface area contributed by atoms with Gasteiger partial charge >= 0.3 is 0 Å². The molecule has 0 radical (unpaired) electrons. The quantitative estimate of drug-likeness (QED) is 0.663. The molecule has 9 heavy (non-hydrogen) atoms. The van der Waals surface area contributed by atoms with E-state index in [0.717, 1.165) is 18.3 Å². The van der Waals surface area contributed by atoms with Gasteiger partial charge in [-0.15, -0.1) is 24.0 Å². The maximum Gasteiger partial charge on any atom is 0.156 e. The lowest BCUT2D eigenvalue weighted by atomic mass is 10.4. The Hall–Kier alpha value is 0.550. The Balaban J connectivity index is 0.000000640. The highest BCUT2D eigenvalue weighted by atomic mass is 127. The van der Waals surface area contributed by atoms with Crippen molar-refractivity contribution in [3.05, 3.63) is 0 Å². The van der Waals surface area contributed by atoms with E-state index in [4.69, 9.17) is 0 Å². The van der Waals surface area contributed by atoms with Crippen molar-refractivity contribution >= 4 is 40.9 Å². The van der Waals surface area contributed by atoms with E-state index < -0.39 is 0 Å². The highest BCUT2D eigenvalue weighted by molar-refractivity contribution is 14.0. The molecule has 54 valence electrons. The normalized spacial score (nSPS) is 17.2. The second-order valence-corrected chi connectivity index (χ2v) is 2.47. The summed E-state index contributed by atoms with van der Waals surface area (Å²) in [4.78, 5) is 4.22. The molecule has 1 N–H and O–H groups in total. The van der Waals surface area contributed by atoms with Gasteiger partial charge in [0.05, 0.1) is 0 Å². The van der Waals surface area contributed by atoms with Crippen molar-refractivity contribution in [3.8, 4) is 0 Å². The molecule has 0 saturated heterocycles. The van der Waals surface area contributed by atoms with Gasteiger partial charge in [-0.3, -0.25) is 4.99 Å². The SMILES string of the molecule is CSC1=NCCCN1.I. The van der Waals surface area contributed by atoms with E-state index in [1.165, 1.54) is 6.42 Å². The number of nitrogens with zero attached hydrogens (tertiary/aromatic N) is 1. The molecule has 0 aromatic heterocycles. The van der Waals surface area contributed by atoms with E-state index >= 15 is 0 Å². The first kappa shape index (κ1) is 9.55. The fourth-order valence-corrected chi connectivity index (χ4v) is 1.11. The molecule has 0 aliphatic carbocycles. The van der Waals surface area contributed by atoms with E-state index in [2.05, 4.69) is 10.3 Å². The van der Waals surface area contributed by atoms with Crippen molar-refractivity contribution in [2.24, 2.45) is 4.99 Å². The van der Waals surface area contributed by atoms with Gasteiger partial charge in [0.2, 0.25) is 0 Å². The molecule has 0 aromatic carbocycles. The summed E-state index contributed by atoms with van der Waals surface area (Å²) in [6.45, 7) is 2.10. The third kappa shape index (κ3) is 3.30. The monoisotopic (exact) mass is 258 g/mol. The Morgan fingerprint density at radius 1 is 1.67 bits per heavy atom. The molecular formula is C5H11IN2S. The number of thioether (sulfide) groups is 1. The largest absolute Gasteiger partial charge is 0.365 e. The van der Waals surface area contributed by atoms with Crippen molar-refractivity contribution in [2.45, 2.75) is 6.42 Å². The fourth-order valence-electron chi connectivity index (χ4n) is 0.648. The van der Waals surface area contributed by atoms with E-state index in [1.807, 2.05) is 6.26 Å². The smallest absolute Gasteiger partial charge is 0.156 e. The molecule has 1 aliphatic heterocycles. The minimum Gasteiger partial charge on any atom is -0.365 e. The lowest BCUT2D eigenvalue weighted by molar-refractivity contribution is 0.751. The molecule has 0 amide bonds. The Bertz CT molecular complexity index is 105. The summed E-state index contributed by atoms with van der Waals surface area (Å²) >= 11 is 1.68. The van der Waals surface area contributed by atoms with Crippen LogP contribution in [0.5, 0.6) is 0 Å². The van der Waals surface area contributed by atoms with Crippen LogP contribution in [0.1, 0.15) is 6.42 Å². The molecule has 2 nitrogen and oxygen atoms in total. The Kier molecular flexibility index (Phi) is 5.67. The summed E-state index contributed by atoms with van der Waals surface area (Å²) in [6.07, 6.45) is 3.22. The van der Waals surface area contributed by atoms with E-state index in [9.17, 15) is 0 Å². The molecule has 0 saturated carbocycles. The summed E-state index contributed by atoms with van der Waals surface area (Å²) in [5.74, 6) is 0. The van der Waals surface area contributed by atoms with Crippen LogP contribution in [0.2, 0.25) is 0 Å². The van der Waals surface area contributed by atoms with E-state index in [0.29, 0.717) is 0 Å². The van der Waals surface area contributed by atoms with Crippen LogP contribution >= 0.6 is 35.7 Å². The third-order valence-electron chi connectivity index (χ3n) is 1.06. The first-order valence-corrected chi connectivity index (χ1v) is 3.98. The lowest BCUT2D eigenvalue weighted by Gasteiger charge is -2.10. The first-order valence-electron chi connectivity index (χ1n) is 2.76. The van der Waals surface area contributed by atoms with Crippen molar-refractivity contribution < 1.29 is 0 Å². The number of halogens is 1. The van der Waals surface area contributed by atoms with Crippen LogP contribution < -0.4 is 5.32 Å². The number of rotatable bonds is 0. The molecule has 0 spiro atoms. The number of aliphatic imine (C=N–C) groups is 1. The topological polar surface area (TPSA) is 24.4 Å². The minimum absolute atomic E-state index is 0. The van der Waals surface area contributed by atoms with Crippen LogP contribution in [0.25, 0.3) is 0 Å². The van der Waals surface area contributed by atoms with Gasteiger partial charge in [-0.2, -0.15) is 0 Å². The maximum atomic E-state index is 4.22. The number of hydrogen-bond donors (Lipinski definition) is 1. The van der Waals surface area contributed by atoms with Gasteiger partial charge in [-0.1, -0.05) is 11.8 Å². The van der Waals surface area contributed by atoms with Gasteiger partial charge in [0.15, 0.2) is 5.17 Å². The highest BCUT2D eigenvalue weighted by Crippen LogP contribution is 1.99. The van der Waals surface area contributed by atoms with Gasteiger partial charge in [-0.05, 0) is 12.7 Å². The van der Waals surface area contributed by atoms with Crippen molar-refractivity contribution in [3.63, 3.8) is 0 Å². The number of amidine groups is 1. The maximum absolute atomic E-state index is 4.22. The van der Waals surface area contributed by atoms with E-state index in [1.54, 1.807) is 11.8 Å². The molecule has 1 aliphatic rings. The summed E-state index contributed by atoms with van der Waals surface area (Å²) in [5.41, 5.74) is 0. The zero-order chi connectivity index (χ0) is 5.82. The summed E-state index contributed by atoms with van der Waals surface area (Å²) < 4.78 is 0. The molecule has 1 heterocycles. The van der Waals surface area contributed by atoms with Crippen molar-refractivity contribution in [2.75, 3.05) is 19.3 Å². The Morgan fingerprint density at radius 3 is 2.78 bits per heavy atom. The summed E-state index contributed by atoms with van der Waals surface area (Å²) in [6, 6.07) is 0. The fraction of sp³-hybridized carbons (Fsp3) is 0.800. The second kappa shape index (κ2) is 5.34. The van der Waals surface area contributed by atoms with Crippen LogP contribution in [0, 0.1) is 0 Å². The van der Waals surface area contributed by atoms with Crippen LogP contribution in [0.3, 0.4) is 0 Å². The average molecular weight is 258 g/mol. The minimum atomic E-state index is 0. The predicted octanol–water partition coefficient (Wildman–Crippen LogP) is 1.32. The molecule has 0 aromatic rings. The zero-order valence-corrected chi connectivity index (χ0v) is 8.53. The summed E-state index contributed by atoms with van der Waals surface area (Å²) in [5, 5.41) is 4.28. The first-order chi connectivity index (χ1) is 3.93. The molecule has 0 fully saturated rings. The van der Waals surface area contributed by atoms with Gasteiger partial charge < -0.3 is 5.32 Å². The molecule has 0 bridgehead atoms. The van der Waals surface area contributed by atoms with Gasteiger partial charge in [0.1, 0.15) is 0 Å². The van der Waals surface area contributed by atoms with Gasteiger partial charge in [-0.25, -0.2) is 0 Å². The third-order valence-corrected chi connectivity index (χ3v) is 1.72. The Labute approximate surface area is 76.9 Å². The van der Waals surface area contributed by atoms with Crippen molar-refractivity contribution in [1.82, 2.24) is 5.32 Å². The lowest BCUT2D eigenvalue weighted by Crippen LogP contribution is -2.26. The van der Waals surface area contributed by atoms with Gasteiger partial charge in [0, 0.05) is 13.1 Å². The Morgan fingerprint density at radius 2 is 2.44 bits per heavy atom. The molecule has 0 atom stereocenters. The van der Waals surface area contributed by atoms with Crippen LogP contribution in [-0.2, 0) is 0 Å². The van der Waals surface area contributed by atoms with Crippen LogP contribution in [0.4, 0.5) is 0 Å². The van der Waals surface area contributed by atoms with Crippen LogP contribution in [0.15, 0.2) is 4.99 Å². The molecule has 1 rings (SSSR count). The van der Waals surface area contributed by atoms with E-state index in [-0.39, 0.29) is 24.0 Å². The predicted molar refractivity (Wildman–Crippen MR) is 53.9 cm³/mol. The highest BCUT2D eigenvalue weighted by Gasteiger charge is 1.99. The van der Waals surface area contributed by atoms with Gasteiger partial charge in [0.25, 0.3) is 0 Å². The zero-order valence-electron chi connectivity index (χ0n) is 5.39. The van der Waals surface area contributed by atoms with Crippen molar-refractivity contribution in [1.29, 1.82) is 0 Å². The summed E-state index contributed by atoms with van der Waals surface area (Å²) in [7, 11) is 0.